The molecule has 1 atom stereocenters. The summed E-state index contributed by atoms with van der Waals surface area (Å²) in [6.45, 7) is 5.20. The quantitative estimate of drug-likeness (QED) is 0.885. The Hall–Kier alpha value is -1.46. The maximum absolute atomic E-state index is 11.5. The van der Waals surface area contributed by atoms with E-state index in [1.807, 2.05) is 24.3 Å². The van der Waals surface area contributed by atoms with Crippen LogP contribution in [0, 0.1) is 5.92 Å². The average molecular weight is 302 g/mol. The first-order valence-electron chi connectivity index (χ1n) is 8.29. The maximum Gasteiger partial charge on any atom is 0.222 e. The molecule has 1 unspecified atom stereocenters. The van der Waals surface area contributed by atoms with E-state index in [4.69, 9.17) is 0 Å². The van der Waals surface area contributed by atoms with Gasteiger partial charge in [-0.1, -0.05) is 0 Å². The number of aromatic nitrogens is 1. The molecule has 2 saturated heterocycles. The normalized spacial score (nSPS) is 24.1. The van der Waals surface area contributed by atoms with Crippen molar-refractivity contribution in [2.24, 2.45) is 5.92 Å². The number of nitrogens with one attached hydrogen (secondary N) is 1. The van der Waals surface area contributed by atoms with Crippen LogP contribution in [0.15, 0.2) is 24.5 Å². The van der Waals surface area contributed by atoms with Gasteiger partial charge in [0.15, 0.2) is 0 Å². The average Bonchev–Trinajstić information content (AvgIpc) is 2.86. The molecular weight excluding hydrogens is 276 g/mol. The Balaban J connectivity index is 1.36. The Kier molecular flexibility index (Phi) is 5.05. The SMILES string of the molecule is CN1CC(CNC2CCN(Cc3ccncc3)CC2)CC1=O. The number of piperidine rings is 1. The molecule has 0 radical (unpaired) electrons. The zero-order valence-electron chi connectivity index (χ0n) is 13.4. The third-order valence-electron chi connectivity index (χ3n) is 4.86. The number of carbonyl (C=O) groups excluding carboxylic acids is 1. The third kappa shape index (κ3) is 4.05. The molecule has 0 spiro atoms. The van der Waals surface area contributed by atoms with Crippen LogP contribution in [0.25, 0.3) is 0 Å². The van der Waals surface area contributed by atoms with Crippen molar-refractivity contribution in [2.45, 2.75) is 31.8 Å². The van der Waals surface area contributed by atoms with Crippen molar-refractivity contribution in [2.75, 3.05) is 33.2 Å². The lowest BCUT2D eigenvalue weighted by Crippen LogP contribution is -2.43. The van der Waals surface area contributed by atoms with Gasteiger partial charge in [0.25, 0.3) is 0 Å². The van der Waals surface area contributed by atoms with E-state index in [9.17, 15) is 4.79 Å². The first kappa shape index (κ1) is 15.4. The predicted molar refractivity (Wildman–Crippen MR) is 86.3 cm³/mol. The fraction of sp³-hybridized carbons (Fsp3) is 0.647. The number of hydrogen-bond donors (Lipinski definition) is 1. The molecule has 2 aliphatic rings. The number of rotatable bonds is 5. The second-order valence-corrected chi connectivity index (χ2v) is 6.66. The van der Waals surface area contributed by atoms with Crippen molar-refractivity contribution >= 4 is 5.91 Å². The second-order valence-electron chi connectivity index (χ2n) is 6.66. The second kappa shape index (κ2) is 7.20. The van der Waals surface area contributed by atoms with Gasteiger partial charge in [0.05, 0.1) is 0 Å². The summed E-state index contributed by atoms with van der Waals surface area (Å²) < 4.78 is 0. The van der Waals surface area contributed by atoms with Crippen molar-refractivity contribution in [3.05, 3.63) is 30.1 Å². The summed E-state index contributed by atoms with van der Waals surface area (Å²) in [7, 11) is 1.90. The number of likely N-dealkylation sites (tertiary alicyclic amines) is 2. The van der Waals surface area contributed by atoms with E-state index >= 15 is 0 Å². The number of amides is 1. The van der Waals surface area contributed by atoms with Crippen LogP contribution in [0.1, 0.15) is 24.8 Å². The Bertz CT molecular complexity index is 485. The molecule has 22 heavy (non-hydrogen) atoms. The van der Waals surface area contributed by atoms with Gasteiger partial charge in [0.2, 0.25) is 5.91 Å². The maximum atomic E-state index is 11.5. The molecule has 5 nitrogen and oxygen atoms in total. The molecule has 1 N–H and O–H groups in total. The zero-order valence-corrected chi connectivity index (χ0v) is 13.4. The van der Waals surface area contributed by atoms with E-state index in [1.165, 1.54) is 18.4 Å². The fourth-order valence-electron chi connectivity index (χ4n) is 3.47. The smallest absolute Gasteiger partial charge is 0.222 e. The molecule has 3 heterocycles. The van der Waals surface area contributed by atoms with Crippen molar-refractivity contribution < 1.29 is 4.79 Å². The monoisotopic (exact) mass is 302 g/mol. The van der Waals surface area contributed by atoms with E-state index < -0.39 is 0 Å². The van der Waals surface area contributed by atoms with Crippen LogP contribution in [0.3, 0.4) is 0 Å². The van der Waals surface area contributed by atoms with Crippen molar-refractivity contribution in [1.82, 2.24) is 20.1 Å². The first-order chi connectivity index (χ1) is 10.7. The van der Waals surface area contributed by atoms with Gasteiger partial charge in [0, 0.05) is 51.5 Å². The number of hydrogen-bond acceptors (Lipinski definition) is 4. The molecule has 0 bridgehead atoms. The van der Waals surface area contributed by atoms with Gasteiger partial charge in [-0.25, -0.2) is 0 Å². The van der Waals surface area contributed by atoms with E-state index in [2.05, 4.69) is 27.3 Å². The van der Waals surface area contributed by atoms with Gasteiger partial charge in [-0.15, -0.1) is 0 Å². The van der Waals surface area contributed by atoms with Crippen LogP contribution in [0.2, 0.25) is 0 Å². The van der Waals surface area contributed by atoms with Crippen LogP contribution >= 0.6 is 0 Å². The summed E-state index contributed by atoms with van der Waals surface area (Å²) in [6, 6.07) is 4.80. The molecular formula is C17H26N4O. The van der Waals surface area contributed by atoms with Gasteiger partial charge < -0.3 is 10.2 Å². The van der Waals surface area contributed by atoms with E-state index in [0.29, 0.717) is 24.3 Å². The molecule has 5 heteroatoms. The van der Waals surface area contributed by atoms with Crippen molar-refractivity contribution in [1.29, 1.82) is 0 Å². The summed E-state index contributed by atoms with van der Waals surface area (Å²) in [6.07, 6.45) is 6.83. The summed E-state index contributed by atoms with van der Waals surface area (Å²) in [5, 5.41) is 3.67. The lowest BCUT2D eigenvalue weighted by molar-refractivity contribution is -0.126. The lowest BCUT2D eigenvalue weighted by atomic mass is 10.0. The van der Waals surface area contributed by atoms with Crippen LogP contribution in [0.4, 0.5) is 0 Å². The minimum atomic E-state index is 0.291. The minimum Gasteiger partial charge on any atom is -0.345 e. The molecule has 3 rings (SSSR count). The largest absolute Gasteiger partial charge is 0.345 e. The Labute approximate surface area is 132 Å². The van der Waals surface area contributed by atoms with Crippen LogP contribution in [0.5, 0.6) is 0 Å². The van der Waals surface area contributed by atoms with Crippen molar-refractivity contribution in [3.8, 4) is 0 Å². The molecule has 1 amide bonds. The molecule has 0 aliphatic carbocycles. The summed E-state index contributed by atoms with van der Waals surface area (Å²) >= 11 is 0. The zero-order chi connectivity index (χ0) is 15.4. The van der Waals surface area contributed by atoms with Crippen LogP contribution in [-0.2, 0) is 11.3 Å². The highest BCUT2D eigenvalue weighted by Gasteiger charge is 2.27. The minimum absolute atomic E-state index is 0.291. The molecule has 1 aromatic heterocycles. The van der Waals surface area contributed by atoms with Gasteiger partial charge >= 0.3 is 0 Å². The molecule has 0 aromatic carbocycles. The molecule has 0 saturated carbocycles. The fourth-order valence-corrected chi connectivity index (χ4v) is 3.47. The predicted octanol–water partition coefficient (Wildman–Crippen LogP) is 1.11. The number of carbonyl (C=O) groups is 1. The van der Waals surface area contributed by atoms with E-state index in [1.54, 1.807) is 0 Å². The summed E-state index contributed by atoms with van der Waals surface area (Å²) in [5.74, 6) is 0.784. The van der Waals surface area contributed by atoms with Gasteiger partial charge in [-0.2, -0.15) is 0 Å². The Morgan fingerprint density at radius 2 is 2.00 bits per heavy atom. The molecule has 2 aliphatic heterocycles. The number of pyridine rings is 1. The Morgan fingerprint density at radius 1 is 1.27 bits per heavy atom. The highest BCUT2D eigenvalue weighted by Crippen LogP contribution is 2.17. The van der Waals surface area contributed by atoms with Gasteiger partial charge in [-0.3, -0.25) is 14.7 Å². The summed E-state index contributed by atoms with van der Waals surface area (Å²) in [4.78, 5) is 20.0. The van der Waals surface area contributed by atoms with Gasteiger partial charge in [0.1, 0.15) is 0 Å². The van der Waals surface area contributed by atoms with Gasteiger partial charge in [-0.05, 0) is 49.5 Å². The van der Waals surface area contributed by atoms with E-state index in [-0.39, 0.29) is 0 Å². The van der Waals surface area contributed by atoms with E-state index in [0.717, 1.165) is 32.7 Å². The number of nitrogens with zero attached hydrogens (tertiary/aromatic N) is 3. The summed E-state index contributed by atoms with van der Waals surface area (Å²) in [5.41, 5.74) is 1.34. The standard InChI is InChI=1S/C17H26N4O/c1-20-12-15(10-17(20)22)11-19-16-4-8-21(9-5-16)13-14-2-6-18-7-3-14/h2-3,6-7,15-16,19H,4-5,8-13H2,1H3. The third-order valence-corrected chi connectivity index (χ3v) is 4.86. The molecule has 120 valence electrons. The highest BCUT2D eigenvalue weighted by atomic mass is 16.2. The topological polar surface area (TPSA) is 48.5 Å². The molecule has 2 fully saturated rings. The van der Waals surface area contributed by atoms with Crippen LogP contribution in [-0.4, -0.2) is 60.0 Å². The first-order valence-corrected chi connectivity index (χ1v) is 8.29. The van der Waals surface area contributed by atoms with Crippen molar-refractivity contribution in [3.63, 3.8) is 0 Å². The molecule has 1 aromatic rings. The van der Waals surface area contributed by atoms with Crippen LogP contribution < -0.4 is 5.32 Å². The Morgan fingerprint density at radius 3 is 2.64 bits per heavy atom. The highest BCUT2D eigenvalue weighted by molar-refractivity contribution is 5.78. The lowest BCUT2D eigenvalue weighted by Gasteiger charge is -2.33.